The maximum Gasteiger partial charge on any atom is 0.0693 e. The molecule has 0 aliphatic heterocycles. The molecule has 104 valence electrons. The standard InChI is InChI=1S/C16H29NO/c18-15-6-2-1-5-14(15)17-13-7-11-16(12-8-13)9-3-4-10-16/h13-15,17-18H,1-12H2. The Morgan fingerprint density at radius 1 is 0.778 bits per heavy atom. The average Bonchev–Trinajstić information content (AvgIpc) is 2.84. The van der Waals surface area contributed by atoms with Crippen LogP contribution in [0.1, 0.15) is 77.0 Å². The number of nitrogens with one attached hydrogen (secondary N) is 1. The first-order valence-corrected chi connectivity index (χ1v) is 8.22. The van der Waals surface area contributed by atoms with Crippen LogP contribution in [0.25, 0.3) is 0 Å². The fraction of sp³-hybridized carbons (Fsp3) is 1.00. The molecule has 2 atom stereocenters. The predicted octanol–water partition coefficient (Wildman–Crippen LogP) is 3.38. The van der Waals surface area contributed by atoms with Gasteiger partial charge < -0.3 is 10.4 Å². The first kappa shape index (κ1) is 12.9. The fourth-order valence-corrected chi connectivity index (χ4v) is 4.63. The van der Waals surface area contributed by atoms with Crippen molar-refractivity contribution in [1.82, 2.24) is 5.32 Å². The molecule has 2 unspecified atom stereocenters. The van der Waals surface area contributed by atoms with Crippen LogP contribution in [-0.2, 0) is 0 Å². The normalized spacial score (nSPS) is 37.2. The lowest BCUT2D eigenvalue weighted by atomic mass is 9.71. The van der Waals surface area contributed by atoms with Gasteiger partial charge in [0.1, 0.15) is 0 Å². The van der Waals surface area contributed by atoms with Gasteiger partial charge in [0.25, 0.3) is 0 Å². The predicted molar refractivity (Wildman–Crippen MR) is 74.6 cm³/mol. The van der Waals surface area contributed by atoms with Crippen LogP contribution in [0.2, 0.25) is 0 Å². The van der Waals surface area contributed by atoms with E-state index in [0.29, 0.717) is 12.1 Å². The van der Waals surface area contributed by atoms with Crippen molar-refractivity contribution in [3.05, 3.63) is 0 Å². The summed E-state index contributed by atoms with van der Waals surface area (Å²) in [6.07, 6.45) is 16.1. The SMILES string of the molecule is OC1CCCCC1NC1CCC2(CCCC2)CC1. The Morgan fingerprint density at radius 2 is 1.44 bits per heavy atom. The van der Waals surface area contributed by atoms with Crippen molar-refractivity contribution < 1.29 is 5.11 Å². The van der Waals surface area contributed by atoms with E-state index in [1.54, 1.807) is 0 Å². The van der Waals surface area contributed by atoms with Crippen LogP contribution >= 0.6 is 0 Å². The molecule has 3 aliphatic carbocycles. The molecule has 3 rings (SSSR count). The maximum atomic E-state index is 10.0. The van der Waals surface area contributed by atoms with E-state index in [1.807, 2.05) is 0 Å². The minimum Gasteiger partial charge on any atom is -0.392 e. The average molecular weight is 251 g/mol. The molecule has 0 aromatic rings. The fourth-order valence-electron chi connectivity index (χ4n) is 4.63. The Labute approximate surface area is 112 Å². The Hall–Kier alpha value is -0.0800. The van der Waals surface area contributed by atoms with Crippen molar-refractivity contribution in [3.8, 4) is 0 Å². The largest absolute Gasteiger partial charge is 0.392 e. The summed E-state index contributed by atoms with van der Waals surface area (Å²) in [5.41, 5.74) is 0.739. The Kier molecular flexibility index (Phi) is 3.95. The summed E-state index contributed by atoms with van der Waals surface area (Å²) in [5, 5.41) is 13.8. The highest BCUT2D eigenvalue weighted by molar-refractivity contribution is 4.93. The van der Waals surface area contributed by atoms with Crippen molar-refractivity contribution in [1.29, 1.82) is 0 Å². The Morgan fingerprint density at radius 3 is 2.11 bits per heavy atom. The second-order valence-electron chi connectivity index (χ2n) is 7.11. The van der Waals surface area contributed by atoms with Gasteiger partial charge in [-0.05, 0) is 56.8 Å². The van der Waals surface area contributed by atoms with Crippen molar-refractivity contribution >= 4 is 0 Å². The molecule has 0 amide bonds. The molecule has 3 fully saturated rings. The molecule has 0 radical (unpaired) electrons. The first-order valence-electron chi connectivity index (χ1n) is 8.22. The van der Waals surface area contributed by atoms with Crippen molar-refractivity contribution in [2.24, 2.45) is 5.41 Å². The van der Waals surface area contributed by atoms with Gasteiger partial charge in [0.15, 0.2) is 0 Å². The smallest absolute Gasteiger partial charge is 0.0693 e. The van der Waals surface area contributed by atoms with Crippen molar-refractivity contribution in [3.63, 3.8) is 0 Å². The minimum atomic E-state index is -0.0823. The van der Waals surface area contributed by atoms with Gasteiger partial charge in [-0.15, -0.1) is 0 Å². The number of aliphatic hydroxyl groups excluding tert-OH is 1. The van der Waals surface area contributed by atoms with E-state index in [2.05, 4.69) is 5.32 Å². The van der Waals surface area contributed by atoms with Crippen LogP contribution in [0.3, 0.4) is 0 Å². The molecule has 2 N–H and O–H groups in total. The molecule has 0 heterocycles. The summed E-state index contributed by atoms with van der Waals surface area (Å²) in [4.78, 5) is 0. The van der Waals surface area contributed by atoms with E-state index in [-0.39, 0.29) is 6.10 Å². The zero-order chi connectivity index (χ0) is 12.4. The van der Waals surface area contributed by atoms with Crippen LogP contribution in [-0.4, -0.2) is 23.3 Å². The maximum absolute atomic E-state index is 10.0. The highest BCUT2D eigenvalue weighted by atomic mass is 16.3. The molecular weight excluding hydrogens is 222 g/mol. The minimum absolute atomic E-state index is 0.0823. The number of aliphatic hydroxyl groups is 1. The second-order valence-corrected chi connectivity index (χ2v) is 7.11. The topological polar surface area (TPSA) is 32.3 Å². The third-order valence-electron chi connectivity index (χ3n) is 5.89. The van der Waals surface area contributed by atoms with E-state index in [1.165, 1.54) is 70.6 Å². The zero-order valence-corrected chi connectivity index (χ0v) is 11.7. The van der Waals surface area contributed by atoms with Crippen LogP contribution in [0.5, 0.6) is 0 Å². The summed E-state index contributed by atoms with van der Waals surface area (Å²) in [5.74, 6) is 0. The highest BCUT2D eigenvalue weighted by Gasteiger charge is 2.38. The van der Waals surface area contributed by atoms with Gasteiger partial charge >= 0.3 is 0 Å². The number of rotatable bonds is 2. The molecule has 2 nitrogen and oxygen atoms in total. The van der Waals surface area contributed by atoms with Gasteiger partial charge in [-0.1, -0.05) is 25.7 Å². The van der Waals surface area contributed by atoms with Gasteiger partial charge in [0.05, 0.1) is 6.10 Å². The molecular formula is C16H29NO. The van der Waals surface area contributed by atoms with Gasteiger partial charge in [-0.3, -0.25) is 0 Å². The lowest BCUT2D eigenvalue weighted by Gasteiger charge is -2.40. The van der Waals surface area contributed by atoms with E-state index in [0.717, 1.165) is 11.8 Å². The first-order chi connectivity index (χ1) is 8.77. The Bertz CT molecular complexity index is 262. The van der Waals surface area contributed by atoms with Crippen molar-refractivity contribution in [2.45, 2.75) is 95.2 Å². The molecule has 3 saturated carbocycles. The zero-order valence-electron chi connectivity index (χ0n) is 11.7. The van der Waals surface area contributed by atoms with E-state index >= 15 is 0 Å². The molecule has 1 spiro atoms. The third-order valence-corrected chi connectivity index (χ3v) is 5.89. The number of hydrogen-bond donors (Lipinski definition) is 2. The monoisotopic (exact) mass is 251 g/mol. The molecule has 3 aliphatic rings. The van der Waals surface area contributed by atoms with Crippen LogP contribution < -0.4 is 5.32 Å². The van der Waals surface area contributed by atoms with Gasteiger partial charge in [-0.25, -0.2) is 0 Å². The van der Waals surface area contributed by atoms with Crippen molar-refractivity contribution in [2.75, 3.05) is 0 Å². The van der Waals surface area contributed by atoms with Crippen LogP contribution in [0.4, 0.5) is 0 Å². The van der Waals surface area contributed by atoms with E-state index in [4.69, 9.17) is 0 Å². The van der Waals surface area contributed by atoms with Gasteiger partial charge in [0.2, 0.25) is 0 Å². The van der Waals surface area contributed by atoms with Gasteiger partial charge in [-0.2, -0.15) is 0 Å². The lowest BCUT2D eigenvalue weighted by molar-refractivity contribution is 0.0733. The van der Waals surface area contributed by atoms with Gasteiger partial charge in [0, 0.05) is 12.1 Å². The molecule has 18 heavy (non-hydrogen) atoms. The third kappa shape index (κ3) is 2.75. The summed E-state index contributed by atoms with van der Waals surface area (Å²) in [6, 6.07) is 1.08. The quantitative estimate of drug-likeness (QED) is 0.788. The van der Waals surface area contributed by atoms with E-state index in [9.17, 15) is 5.11 Å². The molecule has 2 heteroatoms. The lowest BCUT2D eigenvalue weighted by Crippen LogP contribution is -2.48. The molecule has 0 aromatic heterocycles. The molecule has 0 aromatic carbocycles. The molecule has 0 bridgehead atoms. The Balaban J connectivity index is 1.47. The summed E-state index contributed by atoms with van der Waals surface area (Å²) < 4.78 is 0. The van der Waals surface area contributed by atoms with Crippen LogP contribution in [0, 0.1) is 5.41 Å². The number of hydrogen-bond acceptors (Lipinski definition) is 2. The highest BCUT2D eigenvalue weighted by Crippen LogP contribution is 2.48. The summed E-state index contributed by atoms with van der Waals surface area (Å²) in [6.45, 7) is 0. The summed E-state index contributed by atoms with van der Waals surface area (Å²) >= 11 is 0. The van der Waals surface area contributed by atoms with Crippen LogP contribution in [0.15, 0.2) is 0 Å². The summed E-state index contributed by atoms with van der Waals surface area (Å²) in [7, 11) is 0. The van der Waals surface area contributed by atoms with E-state index < -0.39 is 0 Å². The molecule has 0 saturated heterocycles. The second kappa shape index (κ2) is 5.50.